The monoisotopic (exact) mass is 361 g/mol. The zero-order valence-electron chi connectivity index (χ0n) is 14.0. The molecule has 0 aliphatic carbocycles. The topological polar surface area (TPSA) is 63.7 Å². The number of carbonyl (C=O) groups excluding carboxylic acids is 1. The number of rotatable bonds is 8. The van der Waals surface area contributed by atoms with Crippen LogP contribution in [-0.2, 0) is 14.6 Å². The van der Waals surface area contributed by atoms with Crippen molar-refractivity contribution in [3.8, 4) is 0 Å². The van der Waals surface area contributed by atoms with E-state index in [9.17, 15) is 13.2 Å². The molecule has 23 heavy (non-hydrogen) atoms. The van der Waals surface area contributed by atoms with Crippen LogP contribution in [0.2, 0.25) is 5.02 Å². The summed E-state index contributed by atoms with van der Waals surface area (Å²) in [5.74, 6) is -0.272. The standard InChI is InChI=1S/C16H24ClNO4S/c1-5-12(6-2)18(9-10-22-3)16(19)14-11-13(23(4,20)21)7-8-15(14)17/h7-8,11-12H,5-6,9-10H2,1-4H3. The summed E-state index contributed by atoms with van der Waals surface area (Å²) >= 11 is 6.14. The minimum Gasteiger partial charge on any atom is -0.383 e. The van der Waals surface area contributed by atoms with Crippen LogP contribution in [0.15, 0.2) is 23.1 Å². The van der Waals surface area contributed by atoms with Crippen molar-refractivity contribution in [1.82, 2.24) is 4.90 Å². The number of amides is 1. The van der Waals surface area contributed by atoms with E-state index in [0.29, 0.717) is 13.2 Å². The van der Waals surface area contributed by atoms with Gasteiger partial charge in [0, 0.05) is 26.0 Å². The predicted molar refractivity (Wildman–Crippen MR) is 91.8 cm³/mol. The summed E-state index contributed by atoms with van der Waals surface area (Å²) in [4.78, 5) is 14.7. The minimum absolute atomic E-state index is 0.0515. The Morgan fingerprint density at radius 2 is 1.91 bits per heavy atom. The van der Waals surface area contributed by atoms with Gasteiger partial charge in [-0.1, -0.05) is 25.4 Å². The highest BCUT2D eigenvalue weighted by Gasteiger charge is 2.25. The van der Waals surface area contributed by atoms with Crippen LogP contribution in [0.5, 0.6) is 0 Å². The molecule has 0 saturated carbocycles. The van der Waals surface area contributed by atoms with Gasteiger partial charge in [0.2, 0.25) is 0 Å². The van der Waals surface area contributed by atoms with E-state index in [4.69, 9.17) is 16.3 Å². The van der Waals surface area contributed by atoms with Crippen LogP contribution in [0, 0.1) is 0 Å². The number of benzene rings is 1. The van der Waals surface area contributed by atoms with E-state index in [1.807, 2.05) is 13.8 Å². The molecule has 0 radical (unpaired) electrons. The third kappa shape index (κ3) is 5.19. The Bertz CT molecular complexity index is 641. The highest BCUT2D eigenvalue weighted by molar-refractivity contribution is 7.90. The van der Waals surface area contributed by atoms with Crippen LogP contribution >= 0.6 is 11.6 Å². The fraction of sp³-hybridized carbons (Fsp3) is 0.562. The zero-order chi connectivity index (χ0) is 17.6. The largest absolute Gasteiger partial charge is 0.383 e. The van der Waals surface area contributed by atoms with E-state index in [1.54, 1.807) is 12.0 Å². The Balaban J connectivity index is 3.26. The van der Waals surface area contributed by atoms with Gasteiger partial charge in [-0.3, -0.25) is 4.79 Å². The average molecular weight is 362 g/mol. The Kier molecular flexibility index (Phi) is 7.51. The number of sulfone groups is 1. The molecule has 0 aliphatic heterocycles. The van der Waals surface area contributed by atoms with E-state index in [-0.39, 0.29) is 27.4 Å². The lowest BCUT2D eigenvalue weighted by atomic mass is 10.1. The zero-order valence-corrected chi connectivity index (χ0v) is 15.6. The molecule has 1 aromatic rings. The molecule has 0 fully saturated rings. The van der Waals surface area contributed by atoms with Gasteiger partial charge in [-0.15, -0.1) is 0 Å². The maximum Gasteiger partial charge on any atom is 0.255 e. The van der Waals surface area contributed by atoms with Gasteiger partial charge in [-0.2, -0.15) is 0 Å². The number of ether oxygens (including phenoxy) is 1. The van der Waals surface area contributed by atoms with E-state index in [2.05, 4.69) is 0 Å². The van der Waals surface area contributed by atoms with Crippen molar-refractivity contribution in [1.29, 1.82) is 0 Å². The first-order chi connectivity index (χ1) is 10.8. The van der Waals surface area contributed by atoms with Crippen molar-refractivity contribution in [2.24, 2.45) is 0 Å². The molecule has 7 heteroatoms. The van der Waals surface area contributed by atoms with Crippen molar-refractivity contribution in [3.63, 3.8) is 0 Å². The third-order valence-electron chi connectivity index (χ3n) is 3.78. The van der Waals surface area contributed by atoms with Crippen LogP contribution < -0.4 is 0 Å². The number of carbonyl (C=O) groups is 1. The maximum atomic E-state index is 12.9. The summed E-state index contributed by atoms with van der Waals surface area (Å²) in [6, 6.07) is 4.26. The normalized spacial score (nSPS) is 11.7. The molecule has 1 rings (SSSR count). The molecule has 130 valence electrons. The second-order valence-electron chi connectivity index (χ2n) is 5.38. The predicted octanol–water partition coefficient (Wildman–Crippen LogP) is 3.02. The van der Waals surface area contributed by atoms with Crippen molar-refractivity contribution in [2.45, 2.75) is 37.6 Å². The molecule has 1 aromatic carbocycles. The quantitative estimate of drug-likeness (QED) is 0.714. The lowest BCUT2D eigenvalue weighted by molar-refractivity contribution is 0.0589. The summed E-state index contributed by atoms with van der Waals surface area (Å²) < 4.78 is 28.5. The lowest BCUT2D eigenvalue weighted by Crippen LogP contribution is -2.42. The second-order valence-corrected chi connectivity index (χ2v) is 7.80. The number of nitrogens with zero attached hydrogens (tertiary/aromatic N) is 1. The van der Waals surface area contributed by atoms with Gasteiger partial charge in [0.15, 0.2) is 9.84 Å². The first-order valence-electron chi connectivity index (χ1n) is 7.55. The first kappa shape index (κ1) is 19.9. The van der Waals surface area contributed by atoms with E-state index in [1.165, 1.54) is 18.2 Å². The summed E-state index contributed by atoms with van der Waals surface area (Å²) in [6.45, 7) is 4.86. The smallest absolute Gasteiger partial charge is 0.255 e. The molecule has 0 atom stereocenters. The highest BCUT2D eigenvalue weighted by Crippen LogP contribution is 2.24. The van der Waals surface area contributed by atoms with Crippen LogP contribution in [0.4, 0.5) is 0 Å². The molecule has 0 N–H and O–H groups in total. The molecule has 0 spiro atoms. The maximum absolute atomic E-state index is 12.9. The number of halogens is 1. The van der Waals surface area contributed by atoms with E-state index in [0.717, 1.165) is 19.1 Å². The third-order valence-corrected chi connectivity index (χ3v) is 5.22. The fourth-order valence-corrected chi connectivity index (χ4v) is 3.27. The van der Waals surface area contributed by atoms with Gasteiger partial charge in [0.05, 0.1) is 22.1 Å². The summed E-state index contributed by atoms with van der Waals surface area (Å²) in [7, 11) is -1.83. The van der Waals surface area contributed by atoms with Gasteiger partial charge < -0.3 is 9.64 Å². The van der Waals surface area contributed by atoms with Gasteiger partial charge in [-0.05, 0) is 31.0 Å². The molecule has 0 aliphatic rings. The molecule has 0 aromatic heterocycles. The highest BCUT2D eigenvalue weighted by atomic mass is 35.5. The van der Waals surface area contributed by atoms with Gasteiger partial charge >= 0.3 is 0 Å². The van der Waals surface area contributed by atoms with Crippen molar-refractivity contribution >= 4 is 27.3 Å². The first-order valence-corrected chi connectivity index (χ1v) is 9.82. The molecule has 5 nitrogen and oxygen atoms in total. The molecule has 1 amide bonds. The lowest BCUT2D eigenvalue weighted by Gasteiger charge is -2.31. The van der Waals surface area contributed by atoms with E-state index < -0.39 is 9.84 Å². The summed E-state index contributed by atoms with van der Waals surface area (Å²) in [6.07, 6.45) is 2.71. The number of methoxy groups -OCH3 is 1. The molecule has 0 bridgehead atoms. The minimum atomic E-state index is -3.40. The molecule has 0 saturated heterocycles. The molecular formula is C16H24ClNO4S. The number of hydrogen-bond donors (Lipinski definition) is 0. The Morgan fingerprint density at radius 1 is 1.30 bits per heavy atom. The van der Waals surface area contributed by atoms with Crippen LogP contribution in [0.1, 0.15) is 37.0 Å². The summed E-state index contributed by atoms with van der Waals surface area (Å²) in [5, 5.41) is 0.246. The van der Waals surface area contributed by atoms with E-state index >= 15 is 0 Å². The van der Waals surface area contributed by atoms with Gasteiger partial charge in [-0.25, -0.2) is 8.42 Å². The Morgan fingerprint density at radius 3 is 2.39 bits per heavy atom. The Labute approximate surface area is 143 Å². The van der Waals surface area contributed by atoms with Gasteiger partial charge in [0.25, 0.3) is 5.91 Å². The second kappa shape index (κ2) is 8.66. The van der Waals surface area contributed by atoms with Crippen molar-refractivity contribution in [3.05, 3.63) is 28.8 Å². The SMILES string of the molecule is CCC(CC)N(CCOC)C(=O)c1cc(S(C)(=O)=O)ccc1Cl. The summed E-state index contributed by atoms with van der Waals surface area (Å²) in [5.41, 5.74) is 0.206. The van der Waals surface area contributed by atoms with Crippen LogP contribution in [0.3, 0.4) is 0 Å². The fourth-order valence-electron chi connectivity index (χ4n) is 2.42. The van der Waals surface area contributed by atoms with Crippen molar-refractivity contribution < 1.29 is 17.9 Å². The van der Waals surface area contributed by atoms with Gasteiger partial charge in [0.1, 0.15) is 0 Å². The Hall–Kier alpha value is -1.11. The van der Waals surface area contributed by atoms with Crippen molar-refractivity contribution in [2.75, 3.05) is 26.5 Å². The average Bonchev–Trinajstić information content (AvgIpc) is 2.50. The molecule has 0 unspecified atom stereocenters. The number of hydrogen-bond acceptors (Lipinski definition) is 4. The van der Waals surface area contributed by atoms with Crippen LogP contribution in [0.25, 0.3) is 0 Å². The van der Waals surface area contributed by atoms with Crippen LogP contribution in [-0.4, -0.2) is 51.8 Å². The molecule has 0 heterocycles. The molecular weight excluding hydrogens is 338 g/mol.